The van der Waals surface area contributed by atoms with Crippen LogP contribution in [0.4, 0.5) is 5.69 Å². The summed E-state index contributed by atoms with van der Waals surface area (Å²) in [5, 5.41) is 19.2. The molecule has 8 heteroatoms. The van der Waals surface area contributed by atoms with Crippen molar-refractivity contribution >= 4 is 41.5 Å². The number of carbonyl (C=O) groups excluding carboxylic acids is 1. The van der Waals surface area contributed by atoms with Crippen molar-refractivity contribution in [2.24, 2.45) is 4.99 Å². The fraction of sp³-hybridized carbons (Fsp3) is 0.391. The van der Waals surface area contributed by atoms with Gasteiger partial charge in [0.1, 0.15) is 0 Å². The van der Waals surface area contributed by atoms with Gasteiger partial charge in [-0.2, -0.15) is 0 Å². The van der Waals surface area contributed by atoms with Gasteiger partial charge in [-0.3, -0.25) is 4.79 Å². The molecule has 4 N–H and O–H groups in total. The van der Waals surface area contributed by atoms with Crippen LogP contribution in [0.1, 0.15) is 24.0 Å². The van der Waals surface area contributed by atoms with Crippen LogP contribution in [0.5, 0.6) is 0 Å². The SMILES string of the molecule is CCNC(=NCc1ccc(N2CCNC(=O)C2)cc1)NCC(CO)c1ccccc1.I. The molecule has 31 heavy (non-hydrogen) atoms. The second kappa shape index (κ2) is 13.2. The van der Waals surface area contributed by atoms with E-state index in [1.165, 1.54) is 0 Å². The molecule has 1 aliphatic heterocycles. The molecule has 1 unspecified atom stereocenters. The molecule has 1 atom stereocenters. The van der Waals surface area contributed by atoms with E-state index in [2.05, 4.69) is 38.0 Å². The number of carbonyl (C=O) groups is 1. The minimum atomic E-state index is 0. The standard InChI is InChI=1S/C23H31N5O2.HI/c1-2-24-23(27-15-20(17-29)19-6-4-3-5-7-19)26-14-18-8-10-21(11-9-18)28-13-12-25-22(30)16-28;/h3-11,20,29H,2,12-17H2,1H3,(H,25,30)(H2,24,26,27);1H. The summed E-state index contributed by atoms with van der Waals surface area (Å²) in [6.07, 6.45) is 0. The van der Waals surface area contributed by atoms with E-state index in [-0.39, 0.29) is 42.4 Å². The summed E-state index contributed by atoms with van der Waals surface area (Å²) >= 11 is 0. The Morgan fingerprint density at radius 2 is 1.90 bits per heavy atom. The smallest absolute Gasteiger partial charge is 0.239 e. The average Bonchev–Trinajstić information content (AvgIpc) is 2.79. The van der Waals surface area contributed by atoms with E-state index >= 15 is 0 Å². The monoisotopic (exact) mass is 537 g/mol. The number of nitrogens with zero attached hydrogens (tertiary/aromatic N) is 2. The van der Waals surface area contributed by atoms with Gasteiger partial charge in [0.2, 0.25) is 5.91 Å². The van der Waals surface area contributed by atoms with E-state index in [9.17, 15) is 9.90 Å². The molecule has 1 aliphatic rings. The normalized spacial score (nSPS) is 15.0. The number of halogens is 1. The molecule has 1 amide bonds. The summed E-state index contributed by atoms with van der Waals surface area (Å²) in [7, 11) is 0. The number of hydrogen-bond donors (Lipinski definition) is 4. The molecule has 0 spiro atoms. The number of benzene rings is 2. The summed E-state index contributed by atoms with van der Waals surface area (Å²) in [6, 6.07) is 18.2. The molecule has 7 nitrogen and oxygen atoms in total. The lowest BCUT2D eigenvalue weighted by Gasteiger charge is -2.28. The number of rotatable bonds is 8. The lowest BCUT2D eigenvalue weighted by atomic mass is 10.0. The quantitative estimate of drug-likeness (QED) is 0.235. The summed E-state index contributed by atoms with van der Waals surface area (Å²) in [5.41, 5.74) is 3.25. The Kier molecular flexibility index (Phi) is 10.6. The minimum absolute atomic E-state index is 0. The molecule has 0 bridgehead atoms. The zero-order valence-electron chi connectivity index (χ0n) is 17.9. The Morgan fingerprint density at radius 3 is 2.55 bits per heavy atom. The van der Waals surface area contributed by atoms with Crippen LogP contribution >= 0.6 is 24.0 Å². The average molecular weight is 537 g/mol. The summed E-state index contributed by atoms with van der Waals surface area (Å²) in [4.78, 5) is 18.3. The van der Waals surface area contributed by atoms with Crippen LogP contribution < -0.4 is 20.9 Å². The Balaban J connectivity index is 0.00000341. The molecule has 0 saturated carbocycles. The Hall–Kier alpha value is -2.33. The van der Waals surface area contributed by atoms with Crippen molar-refractivity contribution in [2.75, 3.05) is 44.2 Å². The van der Waals surface area contributed by atoms with Gasteiger partial charge in [0.05, 0.1) is 19.7 Å². The third-order valence-electron chi connectivity index (χ3n) is 5.11. The van der Waals surface area contributed by atoms with Gasteiger partial charge in [0.15, 0.2) is 5.96 Å². The van der Waals surface area contributed by atoms with Crippen LogP contribution in [0.15, 0.2) is 59.6 Å². The van der Waals surface area contributed by atoms with Crippen LogP contribution in [0.2, 0.25) is 0 Å². The van der Waals surface area contributed by atoms with E-state index in [1.807, 2.05) is 49.4 Å². The molecule has 3 rings (SSSR count). The topological polar surface area (TPSA) is 89.0 Å². The number of piperazine rings is 1. The number of aliphatic hydroxyl groups excluding tert-OH is 1. The molecule has 0 aliphatic carbocycles. The number of amides is 1. The zero-order valence-corrected chi connectivity index (χ0v) is 20.2. The highest BCUT2D eigenvalue weighted by atomic mass is 127. The number of aliphatic hydroxyl groups is 1. The molecule has 1 saturated heterocycles. The highest BCUT2D eigenvalue weighted by Crippen LogP contribution is 2.17. The third kappa shape index (κ3) is 7.70. The van der Waals surface area contributed by atoms with Gasteiger partial charge < -0.3 is 26.0 Å². The molecule has 2 aromatic rings. The zero-order chi connectivity index (χ0) is 21.2. The fourth-order valence-electron chi connectivity index (χ4n) is 3.42. The number of nitrogens with one attached hydrogen (secondary N) is 3. The van der Waals surface area contributed by atoms with E-state index in [0.717, 1.165) is 35.9 Å². The lowest BCUT2D eigenvalue weighted by molar-refractivity contribution is -0.120. The highest BCUT2D eigenvalue weighted by Gasteiger charge is 2.16. The fourth-order valence-corrected chi connectivity index (χ4v) is 3.42. The Bertz CT molecular complexity index is 830. The lowest BCUT2D eigenvalue weighted by Crippen LogP contribution is -2.47. The molecule has 1 heterocycles. The summed E-state index contributed by atoms with van der Waals surface area (Å²) in [6.45, 7) is 5.92. The van der Waals surface area contributed by atoms with Crippen molar-refractivity contribution < 1.29 is 9.90 Å². The van der Waals surface area contributed by atoms with Crippen LogP contribution in [-0.2, 0) is 11.3 Å². The maximum absolute atomic E-state index is 11.6. The molecule has 0 radical (unpaired) electrons. The van der Waals surface area contributed by atoms with Gasteiger partial charge in [-0.15, -0.1) is 24.0 Å². The first-order valence-electron chi connectivity index (χ1n) is 10.5. The molecule has 0 aromatic heterocycles. The molecule has 2 aromatic carbocycles. The van der Waals surface area contributed by atoms with Crippen molar-refractivity contribution in [1.82, 2.24) is 16.0 Å². The van der Waals surface area contributed by atoms with E-state index in [0.29, 0.717) is 26.2 Å². The molecular weight excluding hydrogens is 505 g/mol. The van der Waals surface area contributed by atoms with Crippen LogP contribution in [-0.4, -0.2) is 56.3 Å². The summed E-state index contributed by atoms with van der Waals surface area (Å²) < 4.78 is 0. The number of guanidine groups is 1. The van der Waals surface area contributed by atoms with E-state index < -0.39 is 0 Å². The third-order valence-corrected chi connectivity index (χ3v) is 5.11. The van der Waals surface area contributed by atoms with Crippen molar-refractivity contribution in [3.63, 3.8) is 0 Å². The Labute approximate surface area is 201 Å². The maximum Gasteiger partial charge on any atom is 0.239 e. The first kappa shape index (κ1) is 24.9. The second-order valence-electron chi connectivity index (χ2n) is 7.30. The first-order valence-corrected chi connectivity index (χ1v) is 10.5. The van der Waals surface area contributed by atoms with E-state index in [1.54, 1.807) is 0 Å². The van der Waals surface area contributed by atoms with Gasteiger partial charge in [0, 0.05) is 37.8 Å². The summed E-state index contributed by atoms with van der Waals surface area (Å²) in [5.74, 6) is 0.799. The van der Waals surface area contributed by atoms with Gasteiger partial charge in [-0.05, 0) is 30.2 Å². The molecular formula is C23H32IN5O2. The van der Waals surface area contributed by atoms with Gasteiger partial charge in [-0.1, -0.05) is 42.5 Å². The number of aliphatic imine (C=N–C) groups is 1. The molecule has 168 valence electrons. The minimum Gasteiger partial charge on any atom is -0.396 e. The van der Waals surface area contributed by atoms with Gasteiger partial charge in [-0.25, -0.2) is 4.99 Å². The maximum atomic E-state index is 11.6. The van der Waals surface area contributed by atoms with Crippen molar-refractivity contribution in [2.45, 2.75) is 19.4 Å². The molecule has 1 fully saturated rings. The number of hydrogen-bond acceptors (Lipinski definition) is 4. The van der Waals surface area contributed by atoms with Crippen molar-refractivity contribution in [3.8, 4) is 0 Å². The Morgan fingerprint density at radius 1 is 1.16 bits per heavy atom. The van der Waals surface area contributed by atoms with E-state index in [4.69, 9.17) is 0 Å². The second-order valence-corrected chi connectivity index (χ2v) is 7.30. The van der Waals surface area contributed by atoms with Crippen molar-refractivity contribution in [3.05, 3.63) is 65.7 Å². The largest absolute Gasteiger partial charge is 0.396 e. The number of anilines is 1. The highest BCUT2D eigenvalue weighted by molar-refractivity contribution is 14.0. The van der Waals surface area contributed by atoms with Gasteiger partial charge in [0.25, 0.3) is 0 Å². The van der Waals surface area contributed by atoms with Crippen LogP contribution in [0, 0.1) is 0 Å². The van der Waals surface area contributed by atoms with Crippen LogP contribution in [0.25, 0.3) is 0 Å². The predicted molar refractivity (Wildman–Crippen MR) is 136 cm³/mol. The predicted octanol–water partition coefficient (Wildman–Crippen LogP) is 2.07. The first-order chi connectivity index (χ1) is 14.7. The van der Waals surface area contributed by atoms with Gasteiger partial charge >= 0.3 is 0 Å². The van der Waals surface area contributed by atoms with Crippen LogP contribution in [0.3, 0.4) is 0 Å². The van der Waals surface area contributed by atoms with Crippen molar-refractivity contribution in [1.29, 1.82) is 0 Å².